The third-order valence-electron chi connectivity index (χ3n) is 3.20. The van der Waals surface area contributed by atoms with Crippen molar-refractivity contribution in [2.75, 3.05) is 13.2 Å². The average molecular weight is 251 g/mol. The lowest BCUT2D eigenvalue weighted by atomic mass is 10.1. The molecule has 1 aliphatic heterocycles. The molecular weight excluding hydrogens is 230 g/mol. The number of carbonyl (C=O) groups excluding carboxylic acids is 1. The van der Waals surface area contributed by atoms with Crippen molar-refractivity contribution in [3.05, 3.63) is 17.5 Å². The minimum atomic E-state index is -0.251. The van der Waals surface area contributed by atoms with Gasteiger partial charge in [0.15, 0.2) is 0 Å². The van der Waals surface area contributed by atoms with E-state index in [0.717, 1.165) is 30.7 Å². The van der Waals surface area contributed by atoms with Gasteiger partial charge in [0.25, 0.3) is 0 Å². The lowest BCUT2D eigenvalue weighted by Gasteiger charge is -2.21. The van der Waals surface area contributed by atoms with Gasteiger partial charge in [0, 0.05) is 18.8 Å². The van der Waals surface area contributed by atoms with Crippen molar-refractivity contribution in [1.29, 1.82) is 0 Å². The Morgan fingerprint density at radius 1 is 1.56 bits per heavy atom. The maximum Gasteiger partial charge on any atom is 0.249 e. The van der Waals surface area contributed by atoms with Gasteiger partial charge in [-0.1, -0.05) is 0 Å². The summed E-state index contributed by atoms with van der Waals surface area (Å²) in [5, 5.41) is 7.27. The maximum absolute atomic E-state index is 11.8. The lowest BCUT2D eigenvalue weighted by molar-refractivity contribution is -0.135. The molecule has 0 bridgehead atoms. The molecule has 18 heavy (non-hydrogen) atoms. The van der Waals surface area contributed by atoms with E-state index in [4.69, 9.17) is 4.74 Å². The highest BCUT2D eigenvalue weighted by molar-refractivity contribution is 5.80. The highest BCUT2D eigenvalue weighted by atomic mass is 16.5. The van der Waals surface area contributed by atoms with Crippen molar-refractivity contribution in [3.8, 4) is 0 Å². The van der Waals surface area contributed by atoms with Crippen molar-refractivity contribution in [2.45, 2.75) is 45.8 Å². The van der Waals surface area contributed by atoms with Crippen LogP contribution >= 0.6 is 0 Å². The fraction of sp³-hybridized carbons (Fsp3) is 0.692. The molecule has 0 aliphatic carbocycles. The fourth-order valence-corrected chi connectivity index (χ4v) is 2.25. The Morgan fingerprint density at radius 3 is 3.00 bits per heavy atom. The first kappa shape index (κ1) is 13.1. The maximum atomic E-state index is 11.8. The van der Waals surface area contributed by atoms with Crippen molar-refractivity contribution in [3.63, 3.8) is 0 Å². The molecule has 1 saturated heterocycles. The van der Waals surface area contributed by atoms with Crippen LogP contribution in [0.25, 0.3) is 0 Å². The van der Waals surface area contributed by atoms with Gasteiger partial charge in [-0.05, 0) is 39.2 Å². The molecule has 5 nitrogen and oxygen atoms in total. The number of hydrogen-bond acceptors (Lipinski definition) is 3. The average Bonchev–Trinajstić information content (AvgIpc) is 2.69. The Hall–Kier alpha value is -1.36. The molecule has 1 amide bonds. The van der Waals surface area contributed by atoms with E-state index in [0.29, 0.717) is 19.7 Å². The zero-order chi connectivity index (χ0) is 13.0. The second-order valence-electron chi connectivity index (χ2n) is 4.80. The molecule has 1 aromatic rings. The third-order valence-corrected chi connectivity index (χ3v) is 3.20. The van der Waals surface area contributed by atoms with Gasteiger partial charge in [-0.25, -0.2) is 0 Å². The zero-order valence-corrected chi connectivity index (χ0v) is 11.1. The Kier molecular flexibility index (Phi) is 4.36. The number of aryl methyl sites for hydroxylation is 2. The first-order chi connectivity index (χ1) is 8.66. The molecule has 1 aromatic heterocycles. The Bertz CT molecular complexity index is 408. The second-order valence-corrected chi connectivity index (χ2v) is 4.80. The van der Waals surface area contributed by atoms with Crippen LogP contribution in [0.1, 0.15) is 30.7 Å². The number of aromatic nitrogens is 2. The number of amides is 1. The topological polar surface area (TPSA) is 56.2 Å². The van der Waals surface area contributed by atoms with E-state index in [1.54, 1.807) is 0 Å². The van der Waals surface area contributed by atoms with Crippen LogP contribution in [0.15, 0.2) is 6.07 Å². The zero-order valence-electron chi connectivity index (χ0n) is 11.1. The Morgan fingerprint density at radius 2 is 2.39 bits per heavy atom. The molecule has 1 N–H and O–H groups in total. The molecule has 0 spiro atoms. The summed E-state index contributed by atoms with van der Waals surface area (Å²) in [4.78, 5) is 11.8. The van der Waals surface area contributed by atoms with E-state index < -0.39 is 0 Å². The predicted molar refractivity (Wildman–Crippen MR) is 68.3 cm³/mol. The van der Waals surface area contributed by atoms with E-state index in [1.165, 1.54) is 0 Å². The smallest absolute Gasteiger partial charge is 0.249 e. The van der Waals surface area contributed by atoms with E-state index in [1.807, 2.05) is 24.6 Å². The molecule has 0 radical (unpaired) electrons. The molecule has 0 saturated carbocycles. The summed E-state index contributed by atoms with van der Waals surface area (Å²) in [6, 6.07) is 2.03. The predicted octanol–water partition coefficient (Wildman–Crippen LogP) is 1.19. The normalized spacial score (nSPS) is 19.8. The van der Waals surface area contributed by atoms with Gasteiger partial charge in [0.05, 0.1) is 12.2 Å². The quantitative estimate of drug-likeness (QED) is 0.874. The Labute approximate surface area is 108 Å². The minimum Gasteiger partial charge on any atom is -0.368 e. The molecule has 1 unspecified atom stereocenters. The summed E-state index contributed by atoms with van der Waals surface area (Å²) < 4.78 is 7.35. The van der Waals surface area contributed by atoms with Crippen LogP contribution in [-0.4, -0.2) is 34.9 Å². The molecule has 2 rings (SSSR count). The fourth-order valence-electron chi connectivity index (χ4n) is 2.25. The number of hydrogen-bond donors (Lipinski definition) is 1. The van der Waals surface area contributed by atoms with Crippen LogP contribution in [0.4, 0.5) is 0 Å². The van der Waals surface area contributed by atoms with Gasteiger partial charge in [-0.15, -0.1) is 0 Å². The summed E-state index contributed by atoms with van der Waals surface area (Å²) in [5.74, 6) is 0.0104. The van der Waals surface area contributed by atoms with Crippen molar-refractivity contribution in [2.24, 2.45) is 0 Å². The van der Waals surface area contributed by atoms with E-state index in [2.05, 4.69) is 10.4 Å². The van der Waals surface area contributed by atoms with Gasteiger partial charge in [0.1, 0.15) is 6.10 Å². The molecule has 100 valence electrons. The van der Waals surface area contributed by atoms with Gasteiger partial charge in [0.2, 0.25) is 5.91 Å². The van der Waals surface area contributed by atoms with Crippen molar-refractivity contribution < 1.29 is 9.53 Å². The summed E-state index contributed by atoms with van der Waals surface area (Å²) in [5.41, 5.74) is 2.13. The summed E-state index contributed by atoms with van der Waals surface area (Å²) in [7, 11) is 0. The molecule has 1 fully saturated rings. The lowest BCUT2D eigenvalue weighted by Crippen LogP contribution is -2.39. The summed E-state index contributed by atoms with van der Waals surface area (Å²) >= 11 is 0. The molecule has 0 aromatic carbocycles. The van der Waals surface area contributed by atoms with Crippen molar-refractivity contribution in [1.82, 2.24) is 15.1 Å². The number of nitrogens with zero attached hydrogens (tertiary/aromatic N) is 2. The van der Waals surface area contributed by atoms with Gasteiger partial charge < -0.3 is 10.1 Å². The van der Waals surface area contributed by atoms with Crippen molar-refractivity contribution >= 4 is 5.91 Å². The molecular formula is C13H21N3O2. The van der Waals surface area contributed by atoms with Gasteiger partial charge in [-0.3, -0.25) is 9.48 Å². The van der Waals surface area contributed by atoms with E-state index in [9.17, 15) is 4.79 Å². The van der Waals surface area contributed by atoms with Crippen LogP contribution < -0.4 is 5.32 Å². The monoisotopic (exact) mass is 251 g/mol. The van der Waals surface area contributed by atoms with Crippen LogP contribution in [-0.2, 0) is 16.1 Å². The summed E-state index contributed by atoms with van der Waals surface area (Å²) in [6.07, 6.45) is 2.73. The molecule has 1 atom stereocenters. The van der Waals surface area contributed by atoms with E-state index in [-0.39, 0.29) is 12.0 Å². The minimum absolute atomic E-state index is 0.0104. The first-order valence-corrected chi connectivity index (χ1v) is 6.57. The van der Waals surface area contributed by atoms with Crippen LogP contribution in [0.5, 0.6) is 0 Å². The SMILES string of the molecule is Cc1cc(C)n(CCNC(=O)C2CCCCO2)n1. The number of carbonyl (C=O) groups is 1. The second kappa shape index (κ2) is 6.00. The highest BCUT2D eigenvalue weighted by Gasteiger charge is 2.21. The molecule has 2 heterocycles. The van der Waals surface area contributed by atoms with Crippen LogP contribution in [0, 0.1) is 13.8 Å². The standard InChI is InChI=1S/C13H21N3O2/c1-10-9-11(2)16(15-10)7-6-14-13(17)12-5-3-4-8-18-12/h9,12H,3-8H2,1-2H3,(H,14,17). The summed E-state index contributed by atoms with van der Waals surface area (Å²) in [6.45, 7) is 6.00. The number of ether oxygens (including phenoxy) is 1. The number of rotatable bonds is 4. The van der Waals surface area contributed by atoms with Gasteiger partial charge in [-0.2, -0.15) is 5.10 Å². The highest BCUT2D eigenvalue weighted by Crippen LogP contribution is 2.12. The first-order valence-electron chi connectivity index (χ1n) is 6.57. The van der Waals surface area contributed by atoms with Crippen LogP contribution in [0.3, 0.4) is 0 Å². The third kappa shape index (κ3) is 3.32. The van der Waals surface area contributed by atoms with Crippen LogP contribution in [0.2, 0.25) is 0 Å². The molecule has 5 heteroatoms. The number of nitrogens with one attached hydrogen (secondary N) is 1. The Balaban J connectivity index is 1.74. The molecule has 1 aliphatic rings. The van der Waals surface area contributed by atoms with E-state index >= 15 is 0 Å². The van der Waals surface area contributed by atoms with Gasteiger partial charge >= 0.3 is 0 Å². The largest absolute Gasteiger partial charge is 0.368 e.